The molecular formula is C23H22BrFO4. The summed E-state index contributed by atoms with van der Waals surface area (Å²) in [5, 5.41) is 11.3. The lowest BCUT2D eigenvalue weighted by atomic mass is 9.63. The first-order chi connectivity index (χ1) is 13.8. The first kappa shape index (κ1) is 21.4. The normalized spacial score (nSPS) is 27.2. The molecule has 1 aliphatic rings. The van der Waals surface area contributed by atoms with Crippen molar-refractivity contribution in [3.05, 3.63) is 76.3 Å². The number of esters is 1. The molecule has 2 aromatic carbocycles. The monoisotopic (exact) mass is 460 g/mol. The average molecular weight is 461 g/mol. The Morgan fingerprint density at radius 2 is 1.90 bits per heavy atom. The van der Waals surface area contributed by atoms with Gasteiger partial charge in [-0.1, -0.05) is 64.5 Å². The molecule has 1 aliphatic carbocycles. The molecule has 3 atom stereocenters. The second-order valence-electron chi connectivity index (χ2n) is 7.12. The summed E-state index contributed by atoms with van der Waals surface area (Å²) < 4.78 is 22.4. The van der Waals surface area contributed by atoms with Gasteiger partial charge in [0, 0.05) is 23.2 Å². The molecule has 0 aromatic heterocycles. The van der Waals surface area contributed by atoms with Crippen LogP contribution < -0.4 is 0 Å². The highest BCUT2D eigenvalue weighted by Gasteiger charge is 2.65. The summed E-state index contributed by atoms with van der Waals surface area (Å²) in [6, 6.07) is 15.6. The van der Waals surface area contributed by atoms with Crippen LogP contribution in [0.4, 0.5) is 4.39 Å². The van der Waals surface area contributed by atoms with E-state index in [0.29, 0.717) is 11.1 Å². The van der Waals surface area contributed by atoms with Crippen molar-refractivity contribution in [2.24, 2.45) is 0 Å². The smallest absolute Gasteiger partial charge is 0.348 e. The number of alkyl halides is 1. The lowest BCUT2D eigenvalue weighted by Crippen LogP contribution is -2.63. The van der Waals surface area contributed by atoms with Crippen molar-refractivity contribution in [3.8, 4) is 0 Å². The van der Waals surface area contributed by atoms with Gasteiger partial charge < -0.3 is 9.84 Å². The van der Waals surface area contributed by atoms with Crippen molar-refractivity contribution in [1.29, 1.82) is 0 Å². The van der Waals surface area contributed by atoms with Gasteiger partial charge in [0.15, 0.2) is 0 Å². The Morgan fingerprint density at radius 1 is 1.24 bits per heavy atom. The largest absolute Gasteiger partial charge is 0.464 e. The first-order valence-corrected chi connectivity index (χ1v) is 10.2. The van der Waals surface area contributed by atoms with E-state index in [9.17, 15) is 14.7 Å². The van der Waals surface area contributed by atoms with Gasteiger partial charge in [0.1, 0.15) is 11.4 Å². The van der Waals surface area contributed by atoms with Crippen LogP contribution in [0.15, 0.2) is 65.1 Å². The SMILES string of the molecule is CCOC(=O)[C@@]1(F)[C@H](c2ccccc2)CC(=O)C[C@]1(O)/C=C/c1ccc(Br)cc1. The minimum atomic E-state index is -2.80. The molecule has 29 heavy (non-hydrogen) atoms. The Balaban J connectivity index is 2.09. The van der Waals surface area contributed by atoms with E-state index < -0.39 is 29.6 Å². The second-order valence-corrected chi connectivity index (χ2v) is 8.04. The maximum absolute atomic E-state index is 16.6. The van der Waals surface area contributed by atoms with Crippen LogP contribution >= 0.6 is 15.9 Å². The summed E-state index contributed by atoms with van der Waals surface area (Å²) in [5.74, 6) is -2.63. The highest BCUT2D eigenvalue weighted by molar-refractivity contribution is 9.10. The zero-order chi connectivity index (χ0) is 21.1. The van der Waals surface area contributed by atoms with Crippen LogP contribution in [0.25, 0.3) is 6.08 Å². The Kier molecular flexibility index (Phi) is 6.34. The number of hydrogen-bond acceptors (Lipinski definition) is 4. The van der Waals surface area contributed by atoms with E-state index >= 15 is 4.39 Å². The predicted octanol–water partition coefficient (Wildman–Crippen LogP) is 4.61. The standard InChI is InChI=1S/C23H22BrFO4/c1-2-29-21(27)23(25)20(17-6-4-3-5-7-17)14-19(26)15-22(23,28)13-12-16-8-10-18(24)11-9-16/h3-13,20,28H,2,14-15H2,1H3/b13-12+/t20-,22+,23-/m0/s1. The van der Waals surface area contributed by atoms with Crippen molar-refractivity contribution in [2.45, 2.75) is 37.0 Å². The fourth-order valence-corrected chi connectivity index (χ4v) is 4.01. The van der Waals surface area contributed by atoms with Crippen molar-refractivity contribution in [1.82, 2.24) is 0 Å². The van der Waals surface area contributed by atoms with Gasteiger partial charge in [-0.05, 0) is 36.3 Å². The molecule has 0 amide bonds. The Hall–Kier alpha value is -2.31. The number of ether oxygens (including phenoxy) is 1. The van der Waals surface area contributed by atoms with Crippen molar-refractivity contribution in [3.63, 3.8) is 0 Å². The highest BCUT2D eigenvalue weighted by Crippen LogP contribution is 2.50. The van der Waals surface area contributed by atoms with E-state index in [-0.39, 0.29) is 18.8 Å². The van der Waals surface area contributed by atoms with Crippen LogP contribution in [0.3, 0.4) is 0 Å². The summed E-state index contributed by atoms with van der Waals surface area (Å²) in [6.07, 6.45) is 2.03. The third kappa shape index (κ3) is 4.19. The molecule has 1 N–H and O–H groups in total. The third-order valence-corrected chi connectivity index (χ3v) is 5.73. The Morgan fingerprint density at radius 3 is 2.52 bits per heavy atom. The number of carbonyl (C=O) groups is 2. The van der Waals surface area contributed by atoms with Gasteiger partial charge in [0.25, 0.3) is 0 Å². The van der Waals surface area contributed by atoms with Gasteiger partial charge in [0.05, 0.1) is 6.61 Å². The quantitative estimate of drug-likeness (QED) is 0.661. The van der Waals surface area contributed by atoms with Gasteiger partial charge in [-0.25, -0.2) is 9.18 Å². The topological polar surface area (TPSA) is 63.6 Å². The Labute approximate surface area is 177 Å². The molecule has 1 fully saturated rings. The number of halogens is 2. The molecule has 0 heterocycles. The molecule has 0 saturated heterocycles. The molecule has 0 radical (unpaired) electrons. The predicted molar refractivity (Wildman–Crippen MR) is 112 cm³/mol. The van der Waals surface area contributed by atoms with Crippen LogP contribution in [0.2, 0.25) is 0 Å². The second kappa shape index (κ2) is 8.59. The highest BCUT2D eigenvalue weighted by atomic mass is 79.9. The fraction of sp³-hybridized carbons (Fsp3) is 0.304. The first-order valence-electron chi connectivity index (χ1n) is 9.40. The number of aliphatic hydroxyl groups is 1. The lowest BCUT2D eigenvalue weighted by molar-refractivity contribution is -0.184. The molecular weight excluding hydrogens is 439 g/mol. The van der Waals surface area contributed by atoms with Crippen LogP contribution in [0.1, 0.15) is 36.8 Å². The fourth-order valence-electron chi connectivity index (χ4n) is 3.75. The van der Waals surface area contributed by atoms with Crippen LogP contribution in [0.5, 0.6) is 0 Å². The van der Waals surface area contributed by atoms with E-state index in [2.05, 4.69) is 15.9 Å². The molecule has 1 saturated carbocycles. The minimum absolute atomic E-state index is 0.0353. The number of ketones is 1. The van der Waals surface area contributed by atoms with E-state index in [4.69, 9.17) is 4.74 Å². The summed E-state index contributed by atoms with van der Waals surface area (Å²) in [5.41, 5.74) is -3.97. The summed E-state index contributed by atoms with van der Waals surface area (Å²) in [7, 11) is 0. The van der Waals surface area contributed by atoms with Crippen molar-refractivity contribution in [2.75, 3.05) is 6.61 Å². The lowest BCUT2D eigenvalue weighted by Gasteiger charge is -2.45. The van der Waals surface area contributed by atoms with E-state index in [1.54, 1.807) is 61.5 Å². The van der Waals surface area contributed by atoms with Gasteiger partial charge in [-0.15, -0.1) is 0 Å². The third-order valence-electron chi connectivity index (χ3n) is 5.20. The molecule has 4 nitrogen and oxygen atoms in total. The van der Waals surface area contributed by atoms with E-state index in [0.717, 1.165) is 4.47 Å². The van der Waals surface area contributed by atoms with Gasteiger partial charge >= 0.3 is 5.97 Å². The Bertz CT molecular complexity index is 912. The summed E-state index contributed by atoms with van der Waals surface area (Å²) in [4.78, 5) is 25.2. The number of benzene rings is 2. The summed E-state index contributed by atoms with van der Waals surface area (Å²) >= 11 is 3.34. The van der Waals surface area contributed by atoms with Crippen molar-refractivity contribution < 1.29 is 23.8 Å². The van der Waals surface area contributed by atoms with Gasteiger partial charge in [0.2, 0.25) is 5.67 Å². The van der Waals surface area contributed by atoms with Gasteiger partial charge in [-0.3, -0.25) is 4.79 Å². The number of Topliss-reactive ketones (excluding diaryl/α,β-unsaturated/α-hetero) is 1. The number of carbonyl (C=O) groups excluding carboxylic acids is 2. The molecule has 152 valence electrons. The molecule has 2 aromatic rings. The van der Waals surface area contributed by atoms with Crippen LogP contribution in [0, 0.1) is 0 Å². The van der Waals surface area contributed by atoms with Gasteiger partial charge in [-0.2, -0.15) is 0 Å². The molecule has 0 unspecified atom stereocenters. The zero-order valence-corrected chi connectivity index (χ0v) is 17.6. The molecule has 0 spiro atoms. The molecule has 3 rings (SSSR count). The van der Waals surface area contributed by atoms with E-state index in [1.165, 1.54) is 12.2 Å². The maximum atomic E-state index is 16.6. The van der Waals surface area contributed by atoms with E-state index in [1.807, 2.05) is 0 Å². The number of rotatable bonds is 5. The zero-order valence-electron chi connectivity index (χ0n) is 16.0. The molecule has 6 heteroatoms. The summed E-state index contributed by atoms with van der Waals surface area (Å²) in [6.45, 7) is 1.54. The minimum Gasteiger partial charge on any atom is -0.464 e. The molecule has 0 bridgehead atoms. The van der Waals surface area contributed by atoms with Crippen LogP contribution in [-0.2, 0) is 14.3 Å². The van der Waals surface area contributed by atoms with Crippen LogP contribution in [-0.4, -0.2) is 34.7 Å². The average Bonchev–Trinajstić information content (AvgIpc) is 2.71. The van der Waals surface area contributed by atoms with Crippen molar-refractivity contribution >= 4 is 33.8 Å². The number of hydrogen-bond donors (Lipinski definition) is 1. The maximum Gasteiger partial charge on any atom is 0.348 e. The molecule has 0 aliphatic heterocycles.